The molecule has 4 nitrogen and oxygen atoms in total. The molecule has 1 amide bonds. The molecule has 1 aliphatic carbocycles. The van der Waals surface area contributed by atoms with Crippen molar-refractivity contribution in [2.75, 3.05) is 13.1 Å². The van der Waals surface area contributed by atoms with Crippen LogP contribution in [0.1, 0.15) is 48.4 Å². The molecule has 35 heavy (non-hydrogen) atoms. The third-order valence-electron chi connectivity index (χ3n) is 8.41. The predicted molar refractivity (Wildman–Crippen MR) is 141 cm³/mol. The SMILES string of the molecule is CC1=[N+](Cc2ccccc2C)CCN1[C@@H]1CC[C@H](C(C(N)=O)(c2ccccc2)c2ccccc2)C1. The van der Waals surface area contributed by atoms with Gasteiger partial charge in [-0.1, -0.05) is 84.9 Å². The van der Waals surface area contributed by atoms with Gasteiger partial charge in [0.05, 0.1) is 6.04 Å². The van der Waals surface area contributed by atoms with Crippen LogP contribution in [0, 0.1) is 12.8 Å². The highest BCUT2D eigenvalue weighted by Gasteiger charge is 2.52. The van der Waals surface area contributed by atoms with Crippen LogP contribution in [0.15, 0.2) is 84.9 Å². The lowest BCUT2D eigenvalue weighted by Gasteiger charge is -2.37. The van der Waals surface area contributed by atoms with Crippen molar-refractivity contribution in [2.45, 2.75) is 51.1 Å². The predicted octanol–water partition coefficient (Wildman–Crippen LogP) is 4.88. The third-order valence-corrected chi connectivity index (χ3v) is 8.41. The number of rotatable bonds is 7. The van der Waals surface area contributed by atoms with E-state index >= 15 is 0 Å². The molecule has 1 saturated carbocycles. The second-order valence-corrected chi connectivity index (χ2v) is 10.2. The molecule has 0 saturated heterocycles. The van der Waals surface area contributed by atoms with Crippen LogP contribution in [0.25, 0.3) is 0 Å². The van der Waals surface area contributed by atoms with E-state index in [9.17, 15) is 4.79 Å². The van der Waals surface area contributed by atoms with E-state index in [0.29, 0.717) is 6.04 Å². The fourth-order valence-corrected chi connectivity index (χ4v) is 6.53. The molecule has 0 bridgehead atoms. The first-order valence-corrected chi connectivity index (χ1v) is 12.8. The topological polar surface area (TPSA) is 49.3 Å². The minimum Gasteiger partial charge on any atom is -0.369 e. The number of aryl methyl sites for hydroxylation is 1. The average Bonchev–Trinajstić information content (AvgIpc) is 3.49. The fourth-order valence-electron chi connectivity index (χ4n) is 6.53. The van der Waals surface area contributed by atoms with Gasteiger partial charge in [0, 0.05) is 6.92 Å². The minimum absolute atomic E-state index is 0.160. The average molecular weight is 467 g/mol. The summed E-state index contributed by atoms with van der Waals surface area (Å²) in [7, 11) is 0. The first-order valence-electron chi connectivity index (χ1n) is 12.8. The zero-order valence-corrected chi connectivity index (χ0v) is 20.9. The van der Waals surface area contributed by atoms with Crippen molar-refractivity contribution in [3.8, 4) is 0 Å². The number of hydrogen-bond donors (Lipinski definition) is 1. The number of hydrogen-bond acceptors (Lipinski definition) is 2. The number of amides is 1. The number of amidine groups is 1. The summed E-state index contributed by atoms with van der Waals surface area (Å²) in [4.78, 5) is 16.0. The third kappa shape index (κ3) is 4.16. The smallest absolute Gasteiger partial charge is 0.244 e. The summed E-state index contributed by atoms with van der Waals surface area (Å²) >= 11 is 0. The molecule has 1 heterocycles. The van der Waals surface area contributed by atoms with Gasteiger partial charge in [-0.2, -0.15) is 0 Å². The van der Waals surface area contributed by atoms with Gasteiger partial charge in [0.2, 0.25) is 11.7 Å². The minimum atomic E-state index is -0.814. The van der Waals surface area contributed by atoms with Crippen molar-refractivity contribution in [3.05, 3.63) is 107 Å². The summed E-state index contributed by atoms with van der Waals surface area (Å²) in [6.07, 6.45) is 3.02. The van der Waals surface area contributed by atoms with E-state index in [-0.39, 0.29) is 11.8 Å². The highest BCUT2D eigenvalue weighted by molar-refractivity contribution is 5.91. The largest absolute Gasteiger partial charge is 0.369 e. The maximum absolute atomic E-state index is 13.4. The van der Waals surface area contributed by atoms with Gasteiger partial charge in [-0.15, -0.1) is 0 Å². The lowest BCUT2D eigenvalue weighted by Crippen LogP contribution is -2.48. The summed E-state index contributed by atoms with van der Waals surface area (Å²) in [6.45, 7) is 7.48. The Morgan fingerprint density at radius 3 is 2.11 bits per heavy atom. The summed E-state index contributed by atoms with van der Waals surface area (Å²) in [6, 6.07) is 29.4. The molecule has 0 aromatic heterocycles. The molecule has 0 unspecified atom stereocenters. The Bertz CT molecular complexity index is 1180. The monoisotopic (exact) mass is 466 g/mol. The molecule has 0 radical (unpaired) electrons. The summed E-state index contributed by atoms with van der Waals surface area (Å²) < 4.78 is 2.51. The van der Waals surface area contributed by atoms with E-state index in [2.05, 4.69) is 71.9 Å². The van der Waals surface area contributed by atoms with Crippen molar-refractivity contribution in [2.24, 2.45) is 11.7 Å². The lowest BCUT2D eigenvalue weighted by atomic mass is 9.64. The lowest BCUT2D eigenvalue weighted by molar-refractivity contribution is -0.534. The van der Waals surface area contributed by atoms with E-state index in [1.54, 1.807) is 0 Å². The van der Waals surface area contributed by atoms with E-state index in [4.69, 9.17) is 5.73 Å². The van der Waals surface area contributed by atoms with Gasteiger partial charge in [0.15, 0.2) is 0 Å². The van der Waals surface area contributed by atoms with Crippen molar-refractivity contribution in [1.82, 2.24) is 4.90 Å². The van der Waals surface area contributed by atoms with Gasteiger partial charge in [0.1, 0.15) is 25.0 Å². The van der Waals surface area contributed by atoms with E-state index < -0.39 is 5.41 Å². The molecule has 2 N–H and O–H groups in total. The number of primary amides is 1. The Morgan fingerprint density at radius 2 is 1.51 bits per heavy atom. The Hall–Kier alpha value is -3.40. The molecular weight excluding hydrogens is 430 g/mol. The maximum Gasteiger partial charge on any atom is 0.244 e. The molecule has 1 aliphatic heterocycles. The van der Waals surface area contributed by atoms with Crippen LogP contribution in [0.4, 0.5) is 0 Å². The van der Waals surface area contributed by atoms with Crippen LogP contribution in [0.2, 0.25) is 0 Å². The zero-order valence-electron chi connectivity index (χ0n) is 20.9. The summed E-state index contributed by atoms with van der Waals surface area (Å²) in [5.41, 5.74) is 10.2. The molecule has 5 rings (SSSR count). The molecule has 1 fully saturated rings. The highest BCUT2D eigenvalue weighted by atomic mass is 16.1. The van der Waals surface area contributed by atoms with Crippen LogP contribution in [0.3, 0.4) is 0 Å². The first kappa shape index (κ1) is 23.3. The van der Waals surface area contributed by atoms with E-state index in [1.165, 1.54) is 17.0 Å². The highest BCUT2D eigenvalue weighted by Crippen LogP contribution is 2.48. The van der Waals surface area contributed by atoms with Gasteiger partial charge in [-0.25, -0.2) is 0 Å². The van der Waals surface area contributed by atoms with Crippen molar-refractivity contribution in [3.63, 3.8) is 0 Å². The van der Waals surface area contributed by atoms with Crippen molar-refractivity contribution >= 4 is 11.7 Å². The Balaban J connectivity index is 1.44. The molecule has 4 heteroatoms. The summed E-state index contributed by atoms with van der Waals surface area (Å²) in [5.74, 6) is 1.26. The Labute approximate surface area is 209 Å². The van der Waals surface area contributed by atoms with Gasteiger partial charge < -0.3 is 5.73 Å². The normalized spacial score (nSPS) is 20.5. The second kappa shape index (κ2) is 9.69. The zero-order chi connectivity index (χ0) is 24.4. The Kier molecular flexibility index (Phi) is 6.46. The number of carbonyl (C=O) groups excluding carboxylic acids is 1. The molecule has 2 aliphatic rings. The number of nitrogens with zero attached hydrogens (tertiary/aromatic N) is 2. The molecule has 2 atom stereocenters. The van der Waals surface area contributed by atoms with Gasteiger partial charge >= 0.3 is 0 Å². The van der Waals surface area contributed by atoms with Gasteiger partial charge in [0.25, 0.3) is 0 Å². The van der Waals surface area contributed by atoms with Crippen LogP contribution in [-0.4, -0.2) is 40.3 Å². The maximum atomic E-state index is 13.4. The van der Waals surface area contributed by atoms with E-state index in [1.807, 2.05) is 36.4 Å². The standard InChI is InChI=1S/C31H35N3O/c1-23-11-9-10-12-25(23)22-33-19-20-34(24(33)2)29-18-17-28(21-29)31(30(32)35,26-13-5-3-6-14-26)27-15-7-4-8-16-27/h3-16,28-29H,17-22H2,1-2H3,(H-,32,35)/p+1/t28-,29+/m0/s1. The van der Waals surface area contributed by atoms with Crippen molar-refractivity contribution < 1.29 is 9.37 Å². The fraction of sp³-hybridized carbons (Fsp3) is 0.355. The van der Waals surface area contributed by atoms with Crippen molar-refractivity contribution in [1.29, 1.82) is 0 Å². The molecular formula is C31H36N3O+. The molecule has 0 spiro atoms. The second-order valence-electron chi connectivity index (χ2n) is 10.2. The van der Waals surface area contributed by atoms with Crippen LogP contribution in [-0.2, 0) is 16.8 Å². The quantitative estimate of drug-likeness (QED) is 0.505. The van der Waals surface area contributed by atoms with Crippen LogP contribution in [0.5, 0.6) is 0 Å². The van der Waals surface area contributed by atoms with Gasteiger partial charge in [-0.3, -0.25) is 14.3 Å². The molecule has 3 aromatic carbocycles. The molecule has 180 valence electrons. The van der Waals surface area contributed by atoms with Gasteiger partial charge in [-0.05, 0) is 54.4 Å². The Morgan fingerprint density at radius 1 is 0.914 bits per heavy atom. The number of carbonyl (C=O) groups is 1. The summed E-state index contributed by atoms with van der Waals surface area (Å²) in [5, 5.41) is 0. The molecule has 3 aromatic rings. The van der Waals surface area contributed by atoms with Crippen LogP contribution >= 0.6 is 0 Å². The van der Waals surface area contributed by atoms with Crippen LogP contribution < -0.4 is 5.73 Å². The van der Waals surface area contributed by atoms with E-state index in [0.717, 1.165) is 50.0 Å². The first-order chi connectivity index (χ1) is 17.0. The number of nitrogens with two attached hydrogens (primary N) is 1. The number of benzene rings is 3.